The van der Waals surface area contributed by atoms with Crippen LogP contribution in [0.25, 0.3) is 0 Å². The largest absolute Gasteiger partial charge is 0.454 e. The predicted octanol–water partition coefficient (Wildman–Crippen LogP) is 3.22. The Kier molecular flexibility index (Phi) is 6.43. The van der Waals surface area contributed by atoms with Crippen LogP contribution in [0.1, 0.15) is 20.8 Å². The van der Waals surface area contributed by atoms with Gasteiger partial charge in [-0.2, -0.15) is 0 Å². The molecule has 3 aromatic rings. The molecule has 2 aromatic carbocycles. The Balaban J connectivity index is 1.41. The highest BCUT2D eigenvalue weighted by atomic mass is 32.1. The van der Waals surface area contributed by atoms with E-state index in [2.05, 4.69) is 5.32 Å². The maximum Gasteiger partial charge on any atom is 0.329 e. The highest BCUT2D eigenvalue weighted by molar-refractivity contribution is 7.12. The van der Waals surface area contributed by atoms with E-state index >= 15 is 0 Å². The average Bonchev–Trinajstić information content (AvgIpc) is 3.48. The monoisotopic (exact) mass is 434 g/mol. The van der Waals surface area contributed by atoms with Gasteiger partial charge in [0, 0.05) is 18.7 Å². The van der Waals surface area contributed by atoms with Crippen LogP contribution in [0.2, 0.25) is 0 Å². The third-order valence-corrected chi connectivity index (χ3v) is 6.01. The zero-order chi connectivity index (χ0) is 21.6. The van der Waals surface area contributed by atoms with Gasteiger partial charge in [0.2, 0.25) is 0 Å². The van der Waals surface area contributed by atoms with Gasteiger partial charge in [0.1, 0.15) is 6.04 Å². The van der Waals surface area contributed by atoms with Crippen molar-refractivity contribution < 1.29 is 19.1 Å². The van der Waals surface area contributed by atoms with Crippen molar-refractivity contribution in [1.29, 1.82) is 0 Å². The smallest absolute Gasteiger partial charge is 0.329 e. The number of fused-ring (bicyclic) bond motifs is 1. The maximum atomic E-state index is 12.8. The molecule has 0 fully saturated rings. The second-order valence-electron chi connectivity index (χ2n) is 7.22. The number of hydrogen-bond acceptors (Lipinski definition) is 5. The minimum atomic E-state index is -0.893. The number of anilines is 1. The summed E-state index contributed by atoms with van der Waals surface area (Å²) in [6.45, 7) is 0.200. The van der Waals surface area contributed by atoms with E-state index in [-0.39, 0.29) is 24.8 Å². The summed E-state index contributed by atoms with van der Waals surface area (Å²) >= 11 is 1.29. The second kappa shape index (κ2) is 9.57. The zero-order valence-electron chi connectivity index (χ0n) is 16.8. The molecule has 1 aliphatic rings. The topological polar surface area (TPSA) is 75.7 Å². The SMILES string of the molecule is O=C(N[C@H](Cc1ccccc1)C(=O)OCC(=O)N1CCc2ccccc21)c1cccs1. The summed E-state index contributed by atoms with van der Waals surface area (Å²) in [5.41, 5.74) is 2.85. The highest BCUT2D eigenvalue weighted by Gasteiger charge is 2.28. The molecule has 0 unspecified atom stereocenters. The minimum Gasteiger partial charge on any atom is -0.454 e. The lowest BCUT2D eigenvalue weighted by molar-refractivity contribution is -0.149. The zero-order valence-corrected chi connectivity index (χ0v) is 17.6. The van der Waals surface area contributed by atoms with Gasteiger partial charge >= 0.3 is 5.97 Å². The summed E-state index contributed by atoms with van der Waals surface area (Å²) in [5.74, 6) is -1.25. The molecule has 0 aliphatic carbocycles. The van der Waals surface area contributed by atoms with Crippen molar-refractivity contribution in [3.63, 3.8) is 0 Å². The van der Waals surface area contributed by atoms with Gasteiger partial charge in [0.05, 0.1) is 4.88 Å². The highest BCUT2D eigenvalue weighted by Crippen LogP contribution is 2.27. The summed E-state index contributed by atoms with van der Waals surface area (Å²) in [6, 6.07) is 19.7. The van der Waals surface area contributed by atoms with Gasteiger partial charge in [-0.3, -0.25) is 9.59 Å². The van der Waals surface area contributed by atoms with Crippen LogP contribution in [-0.4, -0.2) is 37.0 Å². The van der Waals surface area contributed by atoms with Crippen molar-refractivity contribution in [2.75, 3.05) is 18.1 Å². The van der Waals surface area contributed by atoms with Crippen LogP contribution >= 0.6 is 11.3 Å². The number of ether oxygens (including phenoxy) is 1. The van der Waals surface area contributed by atoms with E-state index in [1.165, 1.54) is 11.3 Å². The van der Waals surface area contributed by atoms with Gasteiger partial charge in [-0.05, 0) is 35.1 Å². The van der Waals surface area contributed by atoms with Crippen LogP contribution in [0.15, 0.2) is 72.1 Å². The summed E-state index contributed by atoms with van der Waals surface area (Å²) in [5, 5.41) is 4.55. The number of esters is 1. The number of para-hydroxylation sites is 1. The molecule has 0 radical (unpaired) electrons. The number of benzene rings is 2. The number of hydrogen-bond donors (Lipinski definition) is 1. The van der Waals surface area contributed by atoms with E-state index in [1.54, 1.807) is 22.4 Å². The van der Waals surface area contributed by atoms with Crippen LogP contribution in [0, 0.1) is 0 Å². The maximum absolute atomic E-state index is 12.8. The number of nitrogens with zero attached hydrogens (tertiary/aromatic N) is 1. The molecule has 31 heavy (non-hydrogen) atoms. The first-order chi connectivity index (χ1) is 15.1. The molecule has 4 rings (SSSR count). The third kappa shape index (κ3) is 5.00. The van der Waals surface area contributed by atoms with Crippen molar-refractivity contribution in [2.45, 2.75) is 18.9 Å². The molecule has 0 saturated carbocycles. The standard InChI is InChI=1S/C24H22N2O4S/c27-22(26-13-12-18-9-4-5-10-20(18)26)16-30-24(29)19(15-17-7-2-1-3-8-17)25-23(28)21-11-6-14-31-21/h1-11,14,19H,12-13,15-16H2,(H,25,28)/t19-/m1/s1. The minimum absolute atomic E-state index is 0.275. The molecule has 0 bridgehead atoms. The first-order valence-electron chi connectivity index (χ1n) is 10.0. The molecule has 7 heteroatoms. The molecule has 158 valence electrons. The summed E-state index contributed by atoms with van der Waals surface area (Å²) in [7, 11) is 0. The Labute approximate surface area is 184 Å². The molecular weight excluding hydrogens is 412 g/mol. The predicted molar refractivity (Wildman–Crippen MR) is 119 cm³/mol. The van der Waals surface area contributed by atoms with E-state index in [9.17, 15) is 14.4 Å². The molecule has 1 atom stereocenters. The number of amides is 2. The molecule has 1 aliphatic heterocycles. The van der Waals surface area contributed by atoms with Crippen LogP contribution in [0.3, 0.4) is 0 Å². The Morgan fingerprint density at radius 2 is 1.77 bits per heavy atom. The second-order valence-corrected chi connectivity index (χ2v) is 8.17. The molecule has 1 aromatic heterocycles. The van der Waals surface area contributed by atoms with Gasteiger partial charge in [-0.1, -0.05) is 54.6 Å². The quantitative estimate of drug-likeness (QED) is 0.580. The van der Waals surface area contributed by atoms with Crippen LogP contribution in [-0.2, 0) is 27.2 Å². The lowest BCUT2D eigenvalue weighted by Gasteiger charge is -2.20. The first-order valence-corrected chi connectivity index (χ1v) is 10.9. The van der Waals surface area contributed by atoms with E-state index in [1.807, 2.05) is 54.6 Å². The van der Waals surface area contributed by atoms with E-state index in [4.69, 9.17) is 4.74 Å². The number of carbonyl (C=O) groups is 3. The van der Waals surface area contributed by atoms with Crippen molar-refractivity contribution in [1.82, 2.24) is 5.32 Å². The molecule has 2 amide bonds. The van der Waals surface area contributed by atoms with Crippen molar-refractivity contribution in [2.24, 2.45) is 0 Å². The van der Waals surface area contributed by atoms with E-state index in [0.29, 0.717) is 11.4 Å². The first kappa shape index (κ1) is 20.8. The number of thiophene rings is 1. The van der Waals surface area contributed by atoms with Gasteiger partial charge in [-0.25, -0.2) is 4.79 Å². The van der Waals surface area contributed by atoms with E-state index in [0.717, 1.165) is 23.2 Å². The number of carbonyl (C=O) groups excluding carboxylic acids is 3. The molecule has 2 heterocycles. The van der Waals surface area contributed by atoms with Crippen molar-refractivity contribution >= 4 is 34.8 Å². The number of nitrogens with one attached hydrogen (secondary N) is 1. The Hall–Kier alpha value is -3.45. The molecule has 0 spiro atoms. The average molecular weight is 435 g/mol. The van der Waals surface area contributed by atoms with Gasteiger partial charge in [0.15, 0.2) is 6.61 Å². The van der Waals surface area contributed by atoms with Crippen LogP contribution in [0.4, 0.5) is 5.69 Å². The van der Waals surface area contributed by atoms with Gasteiger partial charge < -0.3 is 15.0 Å². The third-order valence-electron chi connectivity index (χ3n) is 5.14. The number of rotatable bonds is 7. The summed E-state index contributed by atoms with van der Waals surface area (Å²) in [6.07, 6.45) is 1.06. The molecule has 6 nitrogen and oxygen atoms in total. The van der Waals surface area contributed by atoms with Crippen molar-refractivity contribution in [3.05, 3.63) is 88.1 Å². The normalized spacial score (nSPS) is 13.4. The lowest BCUT2D eigenvalue weighted by Crippen LogP contribution is -2.44. The van der Waals surface area contributed by atoms with Gasteiger partial charge in [-0.15, -0.1) is 11.3 Å². The lowest BCUT2D eigenvalue weighted by atomic mass is 10.1. The fourth-order valence-corrected chi connectivity index (χ4v) is 4.22. The Bertz CT molecular complexity index is 1070. The Morgan fingerprint density at radius 1 is 1.00 bits per heavy atom. The van der Waals surface area contributed by atoms with Crippen LogP contribution in [0.5, 0.6) is 0 Å². The van der Waals surface area contributed by atoms with Crippen molar-refractivity contribution in [3.8, 4) is 0 Å². The molecule has 0 saturated heterocycles. The molecular formula is C24H22N2O4S. The summed E-state index contributed by atoms with van der Waals surface area (Å²) in [4.78, 5) is 40.1. The van der Waals surface area contributed by atoms with Gasteiger partial charge in [0.25, 0.3) is 11.8 Å². The Morgan fingerprint density at radius 3 is 2.55 bits per heavy atom. The molecule has 1 N–H and O–H groups in total. The van der Waals surface area contributed by atoms with E-state index < -0.39 is 12.0 Å². The fraction of sp³-hybridized carbons (Fsp3) is 0.208. The van der Waals surface area contributed by atoms with Crippen LogP contribution < -0.4 is 10.2 Å². The summed E-state index contributed by atoms with van der Waals surface area (Å²) < 4.78 is 5.34. The fourth-order valence-electron chi connectivity index (χ4n) is 3.59.